The lowest BCUT2D eigenvalue weighted by Crippen LogP contribution is -2.01. The van der Waals surface area contributed by atoms with E-state index in [1.54, 1.807) is 0 Å². The lowest BCUT2D eigenvalue weighted by atomic mass is 10.0. The molecule has 0 aliphatic rings. The van der Waals surface area contributed by atoms with Crippen LogP contribution in [0.2, 0.25) is 0 Å². The van der Waals surface area contributed by atoms with Crippen LogP contribution in [0.3, 0.4) is 0 Å². The number of aryl methyl sites for hydroxylation is 2. The smallest absolute Gasteiger partial charge is 0.131 e. The number of aliphatic hydroxyl groups is 1. The number of nitrogens with zero attached hydrogens (tertiary/aromatic N) is 1. The third kappa shape index (κ3) is 2.08. The van der Waals surface area contributed by atoms with E-state index in [1.807, 2.05) is 43.5 Å². The minimum Gasteiger partial charge on any atom is -0.381 e. The summed E-state index contributed by atoms with van der Waals surface area (Å²) in [5, 5.41) is 12.9. The molecule has 78 valence electrons. The molecule has 1 atom stereocenters. The van der Waals surface area contributed by atoms with Crippen molar-refractivity contribution in [1.29, 1.82) is 0 Å². The number of thiazole rings is 1. The molecule has 1 unspecified atom stereocenters. The molecule has 15 heavy (non-hydrogen) atoms. The van der Waals surface area contributed by atoms with Crippen molar-refractivity contribution in [3.63, 3.8) is 0 Å². The molecular weight excluding hydrogens is 206 g/mol. The molecule has 1 heterocycles. The Hall–Kier alpha value is -1.19. The summed E-state index contributed by atoms with van der Waals surface area (Å²) >= 11 is 1.50. The molecule has 3 heteroatoms. The van der Waals surface area contributed by atoms with Gasteiger partial charge in [0.1, 0.15) is 11.1 Å². The van der Waals surface area contributed by atoms with Gasteiger partial charge >= 0.3 is 0 Å². The summed E-state index contributed by atoms with van der Waals surface area (Å²) in [6.45, 7) is 3.93. The second kappa shape index (κ2) is 4.13. The molecule has 0 aliphatic carbocycles. The van der Waals surface area contributed by atoms with E-state index in [9.17, 15) is 5.11 Å². The fraction of sp³-hybridized carbons (Fsp3) is 0.250. The van der Waals surface area contributed by atoms with E-state index in [0.717, 1.165) is 21.8 Å². The van der Waals surface area contributed by atoms with Crippen molar-refractivity contribution >= 4 is 11.3 Å². The topological polar surface area (TPSA) is 33.1 Å². The summed E-state index contributed by atoms with van der Waals surface area (Å²) in [5.41, 5.74) is 2.99. The van der Waals surface area contributed by atoms with Gasteiger partial charge in [0.2, 0.25) is 0 Å². The van der Waals surface area contributed by atoms with Gasteiger partial charge in [-0.1, -0.05) is 24.3 Å². The van der Waals surface area contributed by atoms with E-state index in [-0.39, 0.29) is 0 Å². The molecule has 0 bridgehead atoms. The molecule has 0 fully saturated rings. The third-order valence-electron chi connectivity index (χ3n) is 2.35. The highest BCUT2D eigenvalue weighted by atomic mass is 32.1. The van der Waals surface area contributed by atoms with Gasteiger partial charge in [0, 0.05) is 11.1 Å². The van der Waals surface area contributed by atoms with Crippen molar-refractivity contribution in [3.8, 4) is 0 Å². The molecule has 0 spiro atoms. The second-order valence-corrected chi connectivity index (χ2v) is 4.48. The van der Waals surface area contributed by atoms with Crippen LogP contribution in [0.1, 0.15) is 27.9 Å². The van der Waals surface area contributed by atoms with Gasteiger partial charge in [-0.05, 0) is 25.0 Å². The van der Waals surface area contributed by atoms with Gasteiger partial charge in [0.25, 0.3) is 0 Å². The first-order chi connectivity index (χ1) is 7.18. The molecule has 2 aromatic rings. The Kier molecular flexibility index (Phi) is 2.84. The molecule has 0 aliphatic heterocycles. The number of hydrogen-bond donors (Lipinski definition) is 1. The molecular formula is C12H13NOS. The van der Waals surface area contributed by atoms with Crippen LogP contribution in [-0.2, 0) is 0 Å². The summed E-state index contributed by atoms with van der Waals surface area (Å²) in [4.78, 5) is 4.30. The Morgan fingerprint density at radius 2 is 2.00 bits per heavy atom. The van der Waals surface area contributed by atoms with Gasteiger partial charge < -0.3 is 5.11 Å². The Labute approximate surface area is 93.2 Å². The highest BCUT2D eigenvalue weighted by Gasteiger charge is 2.15. The van der Waals surface area contributed by atoms with Crippen molar-refractivity contribution in [2.45, 2.75) is 20.0 Å². The molecule has 0 saturated heterocycles. The number of rotatable bonds is 2. The molecule has 0 saturated carbocycles. The zero-order chi connectivity index (χ0) is 10.8. The van der Waals surface area contributed by atoms with E-state index in [2.05, 4.69) is 4.98 Å². The number of aliphatic hydroxyl groups excluding tert-OH is 1. The molecule has 0 amide bonds. The van der Waals surface area contributed by atoms with Gasteiger partial charge in [-0.15, -0.1) is 11.3 Å². The summed E-state index contributed by atoms with van der Waals surface area (Å²) in [5.74, 6) is 0. The molecule has 1 N–H and O–H groups in total. The van der Waals surface area contributed by atoms with Crippen molar-refractivity contribution in [2.24, 2.45) is 0 Å². The normalized spacial score (nSPS) is 12.7. The summed E-state index contributed by atoms with van der Waals surface area (Å²) < 4.78 is 0. The van der Waals surface area contributed by atoms with Crippen molar-refractivity contribution in [2.75, 3.05) is 0 Å². The zero-order valence-corrected chi connectivity index (χ0v) is 9.58. The number of benzene rings is 1. The Morgan fingerprint density at radius 1 is 1.27 bits per heavy atom. The van der Waals surface area contributed by atoms with Crippen LogP contribution in [0.25, 0.3) is 0 Å². The van der Waals surface area contributed by atoms with E-state index in [0.29, 0.717) is 0 Å². The predicted octanol–water partition coefficient (Wildman–Crippen LogP) is 2.84. The highest BCUT2D eigenvalue weighted by Crippen LogP contribution is 2.26. The molecule has 2 rings (SSSR count). The summed E-state index contributed by atoms with van der Waals surface area (Å²) in [6, 6.07) is 7.85. The largest absolute Gasteiger partial charge is 0.381 e. The fourth-order valence-electron chi connectivity index (χ4n) is 1.52. The van der Waals surface area contributed by atoms with E-state index < -0.39 is 6.10 Å². The van der Waals surface area contributed by atoms with Crippen LogP contribution in [0.15, 0.2) is 29.6 Å². The maximum atomic E-state index is 10.1. The minimum absolute atomic E-state index is 0.593. The van der Waals surface area contributed by atoms with Crippen molar-refractivity contribution in [3.05, 3.63) is 51.5 Å². The molecule has 2 nitrogen and oxygen atoms in total. The van der Waals surface area contributed by atoms with Crippen LogP contribution in [0, 0.1) is 13.8 Å². The Balaban J connectivity index is 2.36. The van der Waals surface area contributed by atoms with E-state index >= 15 is 0 Å². The number of hydrogen-bond acceptors (Lipinski definition) is 3. The molecule has 0 radical (unpaired) electrons. The van der Waals surface area contributed by atoms with E-state index in [1.165, 1.54) is 11.3 Å². The maximum Gasteiger partial charge on any atom is 0.131 e. The van der Waals surface area contributed by atoms with E-state index in [4.69, 9.17) is 0 Å². The first-order valence-corrected chi connectivity index (χ1v) is 5.72. The predicted molar refractivity (Wildman–Crippen MR) is 62.1 cm³/mol. The molecule has 1 aromatic heterocycles. The van der Waals surface area contributed by atoms with Gasteiger partial charge in [-0.25, -0.2) is 4.98 Å². The van der Waals surface area contributed by atoms with Crippen molar-refractivity contribution in [1.82, 2.24) is 4.98 Å². The van der Waals surface area contributed by atoms with Crippen LogP contribution in [-0.4, -0.2) is 10.1 Å². The monoisotopic (exact) mass is 219 g/mol. The summed E-state index contributed by atoms with van der Waals surface area (Å²) in [6.07, 6.45) is -0.593. The Morgan fingerprint density at radius 3 is 2.60 bits per heavy atom. The average Bonchev–Trinajstić information content (AvgIpc) is 2.65. The third-order valence-corrected chi connectivity index (χ3v) is 3.37. The van der Waals surface area contributed by atoms with Crippen LogP contribution < -0.4 is 0 Å². The van der Waals surface area contributed by atoms with Gasteiger partial charge in [-0.2, -0.15) is 0 Å². The summed E-state index contributed by atoms with van der Waals surface area (Å²) in [7, 11) is 0. The SMILES string of the molecule is Cc1csc(C(O)c2ccccc2C)n1. The Bertz CT molecular complexity index is 464. The number of aromatic nitrogens is 1. The fourth-order valence-corrected chi connectivity index (χ4v) is 2.32. The second-order valence-electron chi connectivity index (χ2n) is 3.59. The lowest BCUT2D eigenvalue weighted by Gasteiger charge is -2.10. The molecule has 1 aromatic carbocycles. The quantitative estimate of drug-likeness (QED) is 0.842. The maximum absolute atomic E-state index is 10.1. The van der Waals surface area contributed by atoms with Gasteiger partial charge in [-0.3, -0.25) is 0 Å². The van der Waals surface area contributed by atoms with Gasteiger partial charge in [0.05, 0.1) is 0 Å². The van der Waals surface area contributed by atoms with Crippen LogP contribution in [0.5, 0.6) is 0 Å². The highest BCUT2D eigenvalue weighted by molar-refractivity contribution is 7.09. The van der Waals surface area contributed by atoms with Crippen LogP contribution in [0.4, 0.5) is 0 Å². The van der Waals surface area contributed by atoms with Crippen molar-refractivity contribution < 1.29 is 5.11 Å². The minimum atomic E-state index is -0.593. The first-order valence-electron chi connectivity index (χ1n) is 4.84. The van der Waals surface area contributed by atoms with Crippen LogP contribution >= 0.6 is 11.3 Å². The zero-order valence-electron chi connectivity index (χ0n) is 8.77. The van der Waals surface area contributed by atoms with Gasteiger partial charge in [0.15, 0.2) is 0 Å². The first kappa shape index (κ1) is 10.3. The standard InChI is InChI=1S/C12H13NOS/c1-8-5-3-4-6-10(8)11(14)12-13-9(2)7-15-12/h3-7,11,14H,1-2H3. The lowest BCUT2D eigenvalue weighted by molar-refractivity contribution is 0.219. The average molecular weight is 219 g/mol.